The van der Waals surface area contributed by atoms with Crippen LogP contribution in [0.25, 0.3) is 0 Å². The second kappa shape index (κ2) is 6.43. The first-order valence-corrected chi connectivity index (χ1v) is 8.29. The van der Waals surface area contributed by atoms with Crippen LogP contribution in [-0.2, 0) is 11.8 Å². The van der Waals surface area contributed by atoms with Crippen molar-refractivity contribution in [2.75, 3.05) is 5.32 Å². The van der Waals surface area contributed by atoms with Gasteiger partial charge >= 0.3 is 0 Å². The van der Waals surface area contributed by atoms with E-state index in [0.29, 0.717) is 5.92 Å². The van der Waals surface area contributed by atoms with Crippen LogP contribution in [0.1, 0.15) is 56.6 Å². The van der Waals surface area contributed by atoms with Gasteiger partial charge in [0, 0.05) is 30.9 Å². The van der Waals surface area contributed by atoms with Gasteiger partial charge < -0.3 is 15.2 Å². The van der Waals surface area contributed by atoms with Crippen molar-refractivity contribution in [2.45, 2.75) is 56.9 Å². The fraction of sp³-hybridized carbons (Fsp3) is 0.647. The van der Waals surface area contributed by atoms with Gasteiger partial charge in [0.05, 0.1) is 5.69 Å². The van der Waals surface area contributed by atoms with Gasteiger partial charge in [0.2, 0.25) is 5.91 Å². The number of hydrogen-bond acceptors (Lipinski definition) is 3. The van der Waals surface area contributed by atoms with E-state index in [0.717, 1.165) is 18.5 Å². The molecule has 22 heavy (non-hydrogen) atoms. The number of nitrogens with zero attached hydrogens (tertiary/aromatic N) is 2. The zero-order valence-electron chi connectivity index (χ0n) is 13.1. The lowest BCUT2D eigenvalue weighted by Gasteiger charge is -2.32. The summed E-state index contributed by atoms with van der Waals surface area (Å²) in [7, 11) is 2.07. The minimum Gasteiger partial charge on any atom is -0.352 e. The second-order valence-electron chi connectivity index (χ2n) is 6.71. The second-order valence-corrected chi connectivity index (χ2v) is 6.71. The molecule has 0 radical (unpaired) electrons. The van der Waals surface area contributed by atoms with Crippen LogP contribution in [0.5, 0.6) is 0 Å². The maximum Gasteiger partial charge on any atom is 0.227 e. The number of amides is 1. The van der Waals surface area contributed by atoms with Crippen molar-refractivity contribution in [2.24, 2.45) is 13.0 Å². The molecule has 118 valence electrons. The van der Waals surface area contributed by atoms with Gasteiger partial charge in [0.15, 0.2) is 6.19 Å². The molecule has 0 saturated heterocycles. The van der Waals surface area contributed by atoms with Crippen molar-refractivity contribution in [3.63, 3.8) is 0 Å². The van der Waals surface area contributed by atoms with E-state index < -0.39 is 0 Å². The van der Waals surface area contributed by atoms with E-state index in [4.69, 9.17) is 5.26 Å². The highest BCUT2D eigenvalue weighted by molar-refractivity contribution is 5.93. The van der Waals surface area contributed by atoms with Crippen LogP contribution in [0.3, 0.4) is 0 Å². The lowest BCUT2D eigenvalue weighted by atomic mass is 9.79. The Morgan fingerprint density at radius 2 is 2.05 bits per heavy atom. The Morgan fingerprint density at radius 1 is 1.32 bits per heavy atom. The first kappa shape index (κ1) is 15.0. The first-order chi connectivity index (χ1) is 10.7. The van der Waals surface area contributed by atoms with Gasteiger partial charge in [0.1, 0.15) is 0 Å². The number of hydrogen-bond donors (Lipinski definition) is 2. The maximum absolute atomic E-state index is 12.2. The van der Waals surface area contributed by atoms with E-state index in [9.17, 15) is 4.79 Å². The van der Waals surface area contributed by atoms with E-state index in [1.54, 1.807) is 0 Å². The fourth-order valence-corrected chi connectivity index (χ4v) is 3.74. The predicted octanol–water partition coefficient (Wildman–Crippen LogP) is 2.86. The molecule has 0 aliphatic heterocycles. The molecule has 1 amide bonds. The van der Waals surface area contributed by atoms with Gasteiger partial charge in [-0.25, -0.2) is 0 Å². The Labute approximate surface area is 131 Å². The Hall–Kier alpha value is -1.96. The van der Waals surface area contributed by atoms with Crippen molar-refractivity contribution in [3.8, 4) is 6.19 Å². The van der Waals surface area contributed by atoms with Crippen molar-refractivity contribution in [3.05, 3.63) is 18.0 Å². The van der Waals surface area contributed by atoms with E-state index in [1.807, 2.05) is 12.4 Å². The quantitative estimate of drug-likeness (QED) is 0.663. The smallest absolute Gasteiger partial charge is 0.227 e. The summed E-state index contributed by atoms with van der Waals surface area (Å²) in [4.78, 5) is 12.2. The molecule has 0 bridgehead atoms. The summed E-state index contributed by atoms with van der Waals surface area (Å²) < 4.78 is 2.16. The zero-order chi connectivity index (χ0) is 15.5. The number of nitrogens with one attached hydrogen (secondary N) is 2. The van der Waals surface area contributed by atoms with Crippen LogP contribution in [0.2, 0.25) is 0 Å². The number of carbonyl (C=O) groups is 1. The Kier molecular flexibility index (Phi) is 4.37. The molecule has 1 aromatic rings. The van der Waals surface area contributed by atoms with Gasteiger partial charge in [-0.05, 0) is 37.7 Å². The van der Waals surface area contributed by atoms with Gasteiger partial charge in [-0.3, -0.25) is 4.79 Å². The monoisotopic (exact) mass is 300 g/mol. The third-order valence-electron chi connectivity index (χ3n) is 5.11. The number of anilines is 1. The Morgan fingerprint density at radius 3 is 2.73 bits per heavy atom. The SMILES string of the molecule is Cn1cc(NC(=O)[C@H]2C[C@H](NC#N)C2)cc1C1CCCCC1. The van der Waals surface area contributed by atoms with Crippen molar-refractivity contribution in [1.29, 1.82) is 5.26 Å². The standard InChI is InChI=1S/C17H24N4O/c1-21-10-15(9-16(21)12-5-3-2-4-6-12)20-17(22)13-7-14(8-13)19-11-18/h9-10,12-14,19H,2-8H2,1H3,(H,20,22)/t13-,14-. The molecule has 2 fully saturated rings. The molecule has 1 heterocycles. The molecule has 5 nitrogen and oxygen atoms in total. The average Bonchev–Trinajstić information content (AvgIpc) is 2.83. The molecular weight excluding hydrogens is 276 g/mol. The minimum absolute atomic E-state index is 0.0317. The number of aryl methyl sites for hydroxylation is 1. The predicted molar refractivity (Wildman–Crippen MR) is 85.1 cm³/mol. The summed E-state index contributed by atoms with van der Waals surface area (Å²) in [6.07, 6.45) is 12.0. The van der Waals surface area contributed by atoms with Crippen LogP contribution in [-0.4, -0.2) is 16.5 Å². The summed E-state index contributed by atoms with van der Waals surface area (Å²) in [5.74, 6) is 0.748. The minimum atomic E-state index is 0.0317. The van der Waals surface area contributed by atoms with Crippen molar-refractivity contribution >= 4 is 11.6 Å². The van der Waals surface area contributed by atoms with E-state index in [2.05, 4.69) is 28.3 Å². The number of aromatic nitrogens is 1. The topological polar surface area (TPSA) is 69.8 Å². The molecule has 1 aromatic heterocycles. The highest BCUT2D eigenvalue weighted by atomic mass is 16.1. The largest absolute Gasteiger partial charge is 0.352 e. The molecule has 0 unspecified atom stereocenters. The molecule has 0 atom stereocenters. The summed E-state index contributed by atoms with van der Waals surface area (Å²) in [6.45, 7) is 0. The van der Waals surface area contributed by atoms with E-state index in [-0.39, 0.29) is 17.9 Å². The molecule has 0 aromatic carbocycles. The van der Waals surface area contributed by atoms with Crippen LogP contribution in [0, 0.1) is 17.4 Å². The van der Waals surface area contributed by atoms with Gasteiger partial charge in [-0.1, -0.05) is 19.3 Å². The lowest BCUT2D eigenvalue weighted by molar-refractivity contribution is -0.122. The van der Waals surface area contributed by atoms with Crippen LogP contribution < -0.4 is 10.6 Å². The van der Waals surface area contributed by atoms with Crippen LogP contribution in [0.15, 0.2) is 12.3 Å². The van der Waals surface area contributed by atoms with Gasteiger partial charge in [-0.2, -0.15) is 5.26 Å². The Bertz CT molecular complexity index is 574. The third kappa shape index (κ3) is 3.11. The molecular formula is C17H24N4O. The zero-order valence-corrected chi connectivity index (χ0v) is 13.1. The van der Waals surface area contributed by atoms with Gasteiger partial charge in [0.25, 0.3) is 0 Å². The Balaban J connectivity index is 1.57. The maximum atomic E-state index is 12.2. The van der Waals surface area contributed by atoms with Crippen molar-refractivity contribution < 1.29 is 4.79 Å². The van der Waals surface area contributed by atoms with Crippen LogP contribution in [0.4, 0.5) is 5.69 Å². The average molecular weight is 300 g/mol. The highest BCUT2D eigenvalue weighted by Crippen LogP contribution is 2.34. The summed E-state index contributed by atoms with van der Waals surface area (Å²) in [6, 6.07) is 2.31. The molecule has 2 aliphatic carbocycles. The van der Waals surface area contributed by atoms with Gasteiger partial charge in [-0.15, -0.1) is 0 Å². The molecule has 0 spiro atoms. The normalized spacial score (nSPS) is 25.1. The third-order valence-corrected chi connectivity index (χ3v) is 5.11. The summed E-state index contributed by atoms with van der Waals surface area (Å²) >= 11 is 0. The number of nitriles is 1. The molecule has 2 aliphatic rings. The van der Waals surface area contributed by atoms with Crippen molar-refractivity contribution in [1.82, 2.24) is 9.88 Å². The summed E-state index contributed by atoms with van der Waals surface area (Å²) in [5, 5.41) is 14.3. The molecule has 5 heteroatoms. The summed E-state index contributed by atoms with van der Waals surface area (Å²) in [5.41, 5.74) is 2.25. The molecule has 2 saturated carbocycles. The first-order valence-electron chi connectivity index (χ1n) is 8.29. The molecule has 2 N–H and O–H groups in total. The number of carbonyl (C=O) groups excluding carboxylic acids is 1. The fourth-order valence-electron chi connectivity index (χ4n) is 3.74. The van der Waals surface area contributed by atoms with E-state index >= 15 is 0 Å². The molecule has 3 rings (SSSR count). The van der Waals surface area contributed by atoms with Crippen LogP contribution >= 0.6 is 0 Å². The highest BCUT2D eigenvalue weighted by Gasteiger charge is 2.34. The van der Waals surface area contributed by atoms with E-state index in [1.165, 1.54) is 37.8 Å². The lowest BCUT2D eigenvalue weighted by Crippen LogP contribution is -2.44. The number of rotatable bonds is 4.